The van der Waals surface area contributed by atoms with E-state index in [0.717, 1.165) is 22.7 Å². The number of aryl methyl sites for hydroxylation is 1. The van der Waals surface area contributed by atoms with Gasteiger partial charge in [0.05, 0.1) is 29.1 Å². The third kappa shape index (κ3) is 5.12. The summed E-state index contributed by atoms with van der Waals surface area (Å²) < 4.78 is 58.7. The first kappa shape index (κ1) is 24.2. The number of carbonyl (C=O) groups is 1. The standard InChI is InChI=1S/C21H27N3O6S2/c1-16-6-8-17(9-7-16)31(26,27)23(2)15-21(25)22-19-14-18(10-11-20(19)30-3)32(28,29)24-12-4-5-13-24/h6-11,14H,4-5,12-13,15H2,1-3H3,(H,22,25). The number of nitrogens with one attached hydrogen (secondary N) is 1. The van der Waals surface area contributed by atoms with Crippen LogP contribution in [-0.2, 0) is 24.8 Å². The molecule has 9 nitrogen and oxygen atoms in total. The van der Waals surface area contributed by atoms with Gasteiger partial charge in [-0.3, -0.25) is 4.79 Å². The molecule has 1 N–H and O–H groups in total. The van der Waals surface area contributed by atoms with Crippen molar-refractivity contribution in [2.24, 2.45) is 0 Å². The molecular weight excluding hydrogens is 454 g/mol. The predicted octanol–water partition coefficient (Wildman–Crippen LogP) is 2.05. The zero-order chi connectivity index (χ0) is 23.5. The zero-order valence-corrected chi connectivity index (χ0v) is 19.9. The molecule has 11 heteroatoms. The summed E-state index contributed by atoms with van der Waals surface area (Å²) in [6, 6.07) is 10.5. The lowest BCUT2D eigenvalue weighted by atomic mass is 10.2. The fourth-order valence-electron chi connectivity index (χ4n) is 3.39. The van der Waals surface area contributed by atoms with Crippen molar-refractivity contribution in [1.82, 2.24) is 8.61 Å². The maximum absolute atomic E-state index is 12.8. The molecule has 0 aromatic heterocycles. The first-order chi connectivity index (χ1) is 15.1. The molecule has 174 valence electrons. The van der Waals surface area contributed by atoms with Gasteiger partial charge in [-0.25, -0.2) is 16.8 Å². The number of hydrogen-bond donors (Lipinski definition) is 1. The Kier molecular flexibility index (Phi) is 7.23. The lowest BCUT2D eigenvalue weighted by Gasteiger charge is -2.19. The number of amides is 1. The number of sulfonamides is 2. The Morgan fingerprint density at radius 2 is 1.62 bits per heavy atom. The Balaban J connectivity index is 1.78. The van der Waals surface area contributed by atoms with Crippen molar-refractivity contribution in [2.45, 2.75) is 29.6 Å². The molecule has 0 radical (unpaired) electrons. The molecule has 1 saturated heterocycles. The van der Waals surface area contributed by atoms with Crippen molar-refractivity contribution < 1.29 is 26.4 Å². The molecule has 32 heavy (non-hydrogen) atoms. The number of likely N-dealkylation sites (N-methyl/N-ethyl adjacent to an activating group) is 1. The molecule has 2 aromatic carbocycles. The van der Waals surface area contributed by atoms with Crippen LogP contribution in [0.3, 0.4) is 0 Å². The molecule has 1 aliphatic rings. The van der Waals surface area contributed by atoms with Crippen LogP contribution in [0.1, 0.15) is 18.4 Å². The van der Waals surface area contributed by atoms with E-state index < -0.39 is 32.5 Å². The highest BCUT2D eigenvalue weighted by Crippen LogP contribution is 2.30. The Labute approximate surface area is 189 Å². The van der Waals surface area contributed by atoms with Gasteiger partial charge in [0.1, 0.15) is 5.75 Å². The summed E-state index contributed by atoms with van der Waals surface area (Å²) in [6.45, 7) is 2.30. The molecule has 0 aliphatic carbocycles. The van der Waals surface area contributed by atoms with E-state index in [9.17, 15) is 21.6 Å². The van der Waals surface area contributed by atoms with Crippen LogP contribution in [0.5, 0.6) is 5.75 Å². The second-order valence-corrected chi connectivity index (χ2v) is 11.6. The Morgan fingerprint density at radius 1 is 1.03 bits per heavy atom. The molecule has 0 bridgehead atoms. The van der Waals surface area contributed by atoms with Gasteiger partial charge >= 0.3 is 0 Å². The molecule has 0 unspecified atom stereocenters. The normalized spacial score (nSPS) is 15.1. The Morgan fingerprint density at radius 3 is 2.22 bits per heavy atom. The number of nitrogens with zero attached hydrogens (tertiary/aromatic N) is 2. The molecule has 1 heterocycles. The Hall–Kier alpha value is -2.47. The van der Waals surface area contributed by atoms with Crippen LogP contribution in [0.25, 0.3) is 0 Å². The molecule has 1 aliphatic heterocycles. The van der Waals surface area contributed by atoms with Gasteiger partial charge < -0.3 is 10.1 Å². The molecule has 0 atom stereocenters. The van der Waals surface area contributed by atoms with Crippen molar-refractivity contribution in [3.8, 4) is 5.75 Å². The van der Waals surface area contributed by atoms with Crippen LogP contribution >= 0.6 is 0 Å². The molecule has 3 rings (SSSR count). The number of anilines is 1. The minimum Gasteiger partial charge on any atom is -0.495 e. The van der Waals surface area contributed by atoms with Crippen LogP contribution in [0.15, 0.2) is 52.3 Å². The SMILES string of the molecule is COc1ccc(S(=O)(=O)N2CCCC2)cc1NC(=O)CN(C)S(=O)(=O)c1ccc(C)cc1. The topological polar surface area (TPSA) is 113 Å². The zero-order valence-electron chi connectivity index (χ0n) is 18.2. The van der Waals surface area contributed by atoms with Gasteiger partial charge in [0.15, 0.2) is 0 Å². The van der Waals surface area contributed by atoms with Crippen LogP contribution in [-0.4, -0.2) is 65.1 Å². The van der Waals surface area contributed by atoms with E-state index >= 15 is 0 Å². The average Bonchev–Trinajstić information content (AvgIpc) is 3.29. The maximum atomic E-state index is 12.8. The van der Waals surface area contributed by atoms with E-state index in [1.165, 1.54) is 48.8 Å². The van der Waals surface area contributed by atoms with E-state index in [-0.39, 0.29) is 21.2 Å². The minimum absolute atomic E-state index is 0.0381. The quantitative estimate of drug-likeness (QED) is 0.617. The third-order valence-corrected chi connectivity index (χ3v) is 8.96. The summed E-state index contributed by atoms with van der Waals surface area (Å²) in [6.07, 6.45) is 1.61. The summed E-state index contributed by atoms with van der Waals surface area (Å²) >= 11 is 0. The highest BCUT2D eigenvalue weighted by atomic mass is 32.2. The van der Waals surface area contributed by atoms with Crippen LogP contribution in [0.2, 0.25) is 0 Å². The number of rotatable bonds is 8. The smallest absolute Gasteiger partial charge is 0.243 e. The van der Waals surface area contributed by atoms with Crippen molar-refractivity contribution >= 4 is 31.6 Å². The molecule has 0 spiro atoms. The van der Waals surface area contributed by atoms with E-state index in [1.54, 1.807) is 12.1 Å². The summed E-state index contributed by atoms with van der Waals surface area (Å²) in [7, 11) is -4.85. The van der Waals surface area contributed by atoms with E-state index in [1.807, 2.05) is 6.92 Å². The molecule has 0 saturated carbocycles. The van der Waals surface area contributed by atoms with Gasteiger partial charge in [-0.1, -0.05) is 17.7 Å². The lowest BCUT2D eigenvalue weighted by Crippen LogP contribution is -2.35. The third-order valence-electron chi connectivity index (χ3n) is 5.24. The van der Waals surface area contributed by atoms with Crippen molar-refractivity contribution in [2.75, 3.05) is 39.1 Å². The lowest BCUT2D eigenvalue weighted by molar-refractivity contribution is -0.116. The summed E-state index contributed by atoms with van der Waals surface area (Å²) in [5.74, 6) is -0.361. The fraction of sp³-hybridized carbons (Fsp3) is 0.381. The molecule has 1 fully saturated rings. The van der Waals surface area contributed by atoms with E-state index in [2.05, 4.69) is 5.32 Å². The van der Waals surface area contributed by atoms with E-state index in [0.29, 0.717) is 13.1 Å². The summed E-state index contributed by atoms with van der Waals surface area (Å²) in [4.78, 5) is 12.7. The van der Waals surface area contributed by atoms with Crippen molar-refractivity contribution in [3.05, 3.63) is 48.0 Å². The van der Waals surface area contributed by atoms with Gasteiger partial charge in [0, 0.05) is 20.1 Å². The highest BCUT2D eigenvalue weighted by Gasteiger charge is 2.28. The van der Waals surface area contributed by atoms with E-state index in [4.69, 9.17) is 4.74 Å². The van der Waals surface area contributed by atoms with Crippen molar-refractivity contribution in [3.63, 3.8) is 0 Å². The van der Waals surface area contributed by atoms with Gasteiger partial charge in [-0.05, 0) is 50.1 Å². The number of carbonyl (C=O) groups excluding carboxylic acids is 1. The molecule has 1 amide bonds. The highest BCUT2D eigenvalue weighted by molar-refractivity contribution is 7.89. The number of ether oxygens (including phenoxy) is 1. The first-order valence-electron chi connectivity index (χ1n) is 10.1. The van der Waals surface area contributed by atoms with Gasteiger partial charge in [-0.2, -0.15) is 8.61 Å². The van der Waals surface area contributed by atoms with Crippen LogP contribution in [0, 0.1) is 6.92 Å². The van der Waals surface area contributed by atoms with Crippen molar-refractivity contribution in [1.29, 1.82) is 0 Å². The summed E-state index contributed by atoms with van der Waals surface area (Å²) in [5, 5.41) is 2.58. The number of benzene rings is 2. The minimum atomic E-state index is -3.86. The second-order valence-electron chi connectivity index (χ2n) is 7.60. The largest absolute Gasteiger partial charge is 0.495 e. The fourth-order valence-corrected chi connectivity index (χ4v) is 6.06. The van der Waals surface area contributed by atoms with Gasteiger partial charge in [0.2, 0.25) is 26.0 Å². The average molecular weight is 482 g/mol. The second kappa shape index (κ2) is 9.57. The first-order valence-corrected chi connectivity index (χ1v) is 12.9. The summed E-state index contributed by atoms with van der Waals surface area (Å²) in [5.41, 5.74) is 1.07. The Bertz CT molecular complexity index is 1190. The van der Waals surface area contributed by atoms with Crippen LogP contribution in [0.4, 0.5) is 5.69 Å². The predicted molar refractivity (Wildman–Crippen MR) is 121 cm³/mol. The molecular formula is C21H27N3O6S2. The van der Waals surface area contributed by atoms with Gasteiger partial charge in [0.25, 0.3) is 0 Å². The maximum Gasteiger partial charge on any atom is 0.243 e. The molecule has 2 aromatic rings. The van der Waals surface area contributed by atoms with Gasteiger partial charge in [-0.15, -0.1) is 0 Å². The monoisotopic (exact) mass is 481 g/mol. The van der Waals surface area contributed by atoms with Crippen LogP contribution < -0.4 is 10.1 Å². The number of methoxy groups -OCH3 is 1. The number of hydrogen-bond acceptors (Lipinski definition) is 6.